The zero-order chi connectivity index (χ0) is 20.9. The Morgan fingerprint density at radius 3 is 1.86 bits per heavy atom. The van der Waals surface area contributed by atoms with Gasteiger partial charge in [0.2, 0.25) is 0 Å². The van der Waals surface area contributed by atoms with Gasteiger partial charge in [-0.1, -0.05) is 12.1 Å². The van der Waals surface area contributed by atoms with E-state index in [9.17, 15) is 31.1 Å². The number of para-hydroxylation sites is 2. The Labute approximate surface area is 156 Å². The van der Waals surface area contributed by atoms with E-state index in [1.807, 2.05) is 5.32 Å². The summed E-state index contributed by atoms with van der Waals surface area (Å²) < 4.78 is 87.6. The van der Waals surface area contributed by atoms with Crippen LogP contribution in [0.5, 0.6) is 11.5 Å². The van der Waals surface area contributed by atoms with Crippen LogP contribution in [0.1, 0.15) is 18.1 Å². The summed E-state index contributed by atoms with van der Waals surface area (Å²) in [7, 11) is 0. The van der Waals surface area contributed by atoms with Crippen LogP contribution in [-0.2, 0) is 17.1 Å². The minimum atomic E-state index is -5.01. The summed E-state index contributed by atoms with van der Waals surface area (Å²) in [6, 6.07) is 7.17. The van der Waals surface area contributed by atoms with Gasteiger partial charge in [0.05, 0.1) is 17.7 Å². The van der Waals surface area contributed by atoms with Gasteiger partial charge in [-0.2, -0.15) is 26.3 Å². The first-order chi connectivity index (χ1) is 13.0. The fourth-order valence-electron chi connectivity index (χ4n) is 2.21. The fraction of sp³-hybridized carbons (Fsp3) is 0.278. The third kappa shape index (κ3) is 5.80. The fourth-order valence-corrected chi connectivity index (χ4v) is 2.21. The van der Waals surface area contributed by atoms with Crippen molar-refractivity contribution in [3.8, 4) is 11.5 Å². The summed E-state index contributed by atoms with van der Waals surface area (Å²) in [4.78, 5) is 11.9. The highest BCUT2D eigenvalue weighted by atomic mass is 19.4. The van der Waals surface area contributed by atoms with Crippen LogP contribution in [0.15, 0.2) is 42.5 Å². The van der Waals surface area contributed by atoms with Gasteiger partial charge in [0.15, 0.2) is 18.1 Å². The molecule has 28 heavy (non-hydrogen) atoms. The van der Waals surface area contributed by atoms with Gasteiger partial charge in [-0.3, -0.25) is 4.79 Å². The number of rotatable bonds is 6. The maximum absolute atomic E-state index is 12.8. The Kier molecular flexibility index (Phi) is 6.42. The molecular formula is C18H15F6NO3. The molecule has 0 aromatic heterocycles. The number of ether oxygens (including phenoxy) is 2. The summed E-state index contributed by atoms with van der Waals surface area (Å²) in [5.41, 5.74) is -3.70. The average Bonchev–Trinajstić information content (AvgIpc) is 2.59. The number of amides is 1. The van der Waals surface area contributed by atoms with E-state index >= 15 is 0 Å². The number of anilines is 1. The van der Waals surface area contributed by atoms with E-state index in [1.54, 1.807) is 25.1 Å². The van der Waals surface area contributed by atoms with Crippen molar-refractivity contribution in [3.63, 3.8) is 0 Å². The standard InChI is InChI=1S/C18H15F6NO3/c1-2-27-14-5-3-4-6-15(14)28-10-16(26)25-13-8-11(17(19,20)21)7-12(9-13)18(22,23)24/h3-9H,2,10H2,1H3,(H,25,26). The summed E-state index contributed by atoms with van der Waals surface area (Å²) in [6.45, 7) is 1.42. The molecule has 0 unspecified atom stereocenters. The molecule has 0 atom stereocenters. The topological polar surface area (TPSA) is 47.6 Å². The van der Waals surface area contributed by atoms with Crippen molar-refractivity contribution in [2.24, 2.45) is 0 Å². The predicted molar refractivity (Wildman–Crippen MR) is 88.2 cm³/mol. The van der Waals surface area contributed by atoms with Crippen LogP contribution < -0.4 is 14.8 Å². The van der Waals surface area contributed by atoms with Gasteiger partial charge in [-0.05, 0) is 37.3 Å². The first kappa shape index (κ1) is 21.4. The minimum absolute atomic E-state index is 0.0233. The number of hydrogen-bond acceptors (Lipinski definition) is 3. The zero-order valence-corrected chi connectivity index (χ0v) is 14.4. The Balaban J connectivity index is 2.15. The normalized spacial score (nSPS) is 11.8. The first-order valence-corrected chi connectivity index (χ1v) is 7.94. The lowest BCUT2D eigenvalue weighted by molar-refractivity contribution is -0.143. The Morgan fingerprint density at radius 1 is 0.893 bits per heavy atom. The van der Waals surface area contributed by atoms with Gasteiger partial charge in [0, 0.05) is 5.69 Å². The van der Waals surface area contributed by atoms with Crippen LogP contribution >= 0.6 is 0 Å². The summed E-state index contributed by atoms with van der Waals surface area (Å²) >= 11 is 0. The highest BCUT2D eigenvalue weighted by Crippen LogP contribution is 2.37. The molecule has 0 radical (unpaired) electrons. The van der Waals surface area contributed by atoms with Gasteiger partial charge in [-0.15, -0.1) is 0 Å². The van der Waals surface area contributed by atoms with Crippen molar-refractivity contribution in [1.29, 1.82) is 0 Å². The molecule has 2 rings (SSSR count). The quantitative estimate of drug-likeness (QED) is 0.675. The van der Waals surface area contributed by atoms with Crippen molar-refractivity contribution < 1.29 is 40.6 Å². The van der Waals surface area contributed by atoms with Crippen LogP contribution in [-0.4, -0.2) is 19.1 Å². The third-order valence-corrected chi connectivity index (χ3v) is 3.38. The second-order valence-electron chi connectivity index (χ2n) is 5.51. The molecule has 0 saturated carbocycles. The molecule has 1 amide bonds. The van der Waals surface area contributed by atoms with Crippen LogP contribution in [0, 0.1) is 0 Å². The highest BCUT2D eigenvalue weighted by molar-refractivity contribution is 5.92. The van der Waals surface area contributed by atoms with E-state index in [4.69, 9.17) is 9.47 Å². The van der Waals surface area contributed by atoms with E-state index in [-0.39, 0.29) is 11.8 Å². The Morgan fingerprint density at radius 2 is 1.39 bits per heavy atom. The van der Waals surface area contributed by atoms with Crippen molar-refractivity contribution in [2.45, 2.75) is 19.3 Å². The molecular weight excluding hydrogens is 392 g/mol. The molecule has 0 aliphatic carbocycles. The number of carbonyl (C=O) groups is 1. The maximum atomic E-state index is 12.8. The molecule has 0 aliphatic rings. The van der Waals surface area contributed by atoms with E-state index in [0.717, 1.165) is 0 Å². The van der Waals surface area contributed by atoms with Gasteiger partial charge in [-0.25, -0.2) is 0 Å². The van der Waals surface area contributed by atoms with Crippen molar-refractivity contribution >= 4 is 11.6 Å². The lowest BCUT2D eigenvalue weighted by Gasteiger charge is -2.15. The van der Waals surface area contributed by atoms with Gasteiger partial charge >= 0.3 is 12.4 Å². The summed E-state index contributed by atoms with van der Waals surface area (Å²) in [5.74, 6) is -0.380. The maximum Gasteiger partial charge on any atom is 0.416 e. The molecule has 1 N–H and O–H groups in total. The van der Waals surface area contributed by atoms with Gasteiger partial charge in [0.25, 0.3) is 5.91 Å². The number of nitrogens with one attached hydrogen (secondary N) is 1. The largest absolute Gasteiger partial charge is 0.490 e. The van der Waals surface area contributed by atoms with Crippen molar-refractivity contribution in [2.75, 3.05) is 18.5 Å². The molecule has 0 aliphatic heterocycles. The van der Waals surface area contributed by atoms with E-state index in [0.29, 0.717) is 24.5 Å². The third-order valence-electron chi connectivity index (χ3n) is 3.38. The molecule has 0 bridgehead atoms. The molecule has 0 saturated heterocycles. The summed E-state index contributed by atoms with van der Waals surface area (Å²) in [5, 5.41) is 1.98. The molecule has 2 aromatic carbocycles. The summed E-state index contributed by atoms with van der Waals surface area (Å²) in [6.07, 6.45) is -10.0. The van der Waals surface area contributed by atoms with Crippen molar-refractivity contribution in [3.05, 3.63) is 53.6 Å². The zero-order valence-electron chi connectivity index (χ0n) is 14.4. The number of halogens is 6. The number of benzene rings is 2. The number of carbonyl (C=O) groups excluding carboxylic acids is 1. The smallest absolute Gasteiger partial charge is 0.416 e. The molecule has 0 heterocycles. The van der Waals surface area contributed by atoms with E-state index < -0.39 is 41.7 Å². The molecule has 4 nitrogen and oxygen atoms in total. The average molecular weight is 407 g/mol. The van der Waals surface area contributed by atoms with E-state index in [2.05, 4.69) is 0 Å². The van der Waals surface area contributed by atoms with Gasteiger partial charge < -0.3 is 14.8 Å². The molecule has 2 aromatic rings. The number of hydrogen-bond donors (Lipinski definition) is 1. The molecule has 152 valence electrons. The Bertz CT molecular complexity index is 801. The lowest BCUT2D eigenvalue weighted by atomic mass is 10.1. The molecule has 10 heteroatoms. The van der Waals surface area contributed by atoms with Crippen LogP contribution in [0.25, 0.3) is 0 Å². The van der Waals surface area contributed by atoms with Gasteiger partial charge in [0.1, 0.15) is 0 Å². The monoisotopic (exact) mass is 407 g/mol. The predicted octanol–water partition coefficient (Wildman–Crippen LogP) is 5.14. The molecule has 0 spiro atoms. The SMILES string of the molecule is CCOc1ccccc1OCC(=O)Nc1cc(C(F)(F)F)cc(C(F)(F)F)c1. The van der Waals surface area contributed by atoms with Crippen LogP contribution in [0.4, 0.5) is 32.0 Å². The second-order valence-corrected chi connectivity index (χ2v) is 5.51. The highest BCUT2D eigenvalue weighted by Gasteiger charge is 2.37. The van der Waals surface area contributed by atoms with E-state index in [1.165, 1.54) is 6.07 Å². The lowest BCUT2D eigenvalue weighted by Crippen LogP contribution is -2.21. The van der Waals surface area contributed by atoms with Crippen molar-refractivity contribution in [1.82, 2.24) is 0 Å². The minimum Gasteiger partial charge on any atom is -0.490 e. The van der Waals surface area contributed by atoms with Crippen LogP contribution in [0.2, 0.25) is 0 Å². The Hall–Kier alpha value is -2.91. The van der Waals surface area contributed by atoms with Crippen LogP contribution in [0.3, 0.4) is 0 Å². The molecule has 0 fully saturated rings. The second kappa shape index (κ2) is 8.41. The first-order valence-electron chi connectivity index (χ1n) is 7.94. The number of alkyl halides is 6.